The third-order valence-corrected chi connectivity index (χ3v) is 13.1. The number of fused-ring (bicyclic) bond motifs is 8. The zero-order valence-electron chi connectivity index (χ0n) is 33.7. The summed E-state index contributed by atoms with van der Waals surface area (Å²) in [5, 5.41) is 17.1. The molecule has 9 aromatic rings. The third kappa shape index (κ3) is 5.27. The number of rotatable bonds is 6. The highest BCUT2D eigenvalue weighted by Gasteiger charge is 2.37. The van der Waals surface area contributed by atoms with Crippen LogP contribution in [-0.4, -0.2) is 5.11 Å². The molecule has 0 saturated carbocycles. The van der Waals surface area contributed by atoms with Crippen molar-refractivity contribution in [2.45, 2.75) is 38.5 Å². The van der Waals surface area contributed by atoms with Crippen molar-refractivity contribution in [2.75, 3.05) is 9.80 Å². The molecule has 9 aromatic carbocycles. The second kappa shape index (κ2) is 13.0. The molecule has 284 valence electrons. The van der Waals surface area contributed by atoms with Crippen LogP contribution in [-0.2, 0) is 10.8 Å². The zero-order chi connectivity index (χ0) is 40.0. The van der Waals surface area contributed by atoms with Crippen LogP contribution in [0.5, 0.6) is 5.75 Å². The monoisotopic (exact) mass is 760 g/mol. The van der Waals surface area contributed by atoms with Gasteiger partial charge in [-0.05, 0) is 104 Å². The van der Waals surface area contributed by atoms with Gasteiger partial charge < -0.3 is 14.9 Å². The molecule has 0 aliphatic heterocycles. The normalized spacial score (nSPS) is 14.1. The predicted molar refractivity (Wildman–Crippen MR) is 248 cm³/mol. The summed E-state index contributed by atoms with van der Waals surface area (Å²) < 4.78 is 0. The lowest BCUT2D eigenvalue weighted by Gasteiger charge is -2.31. The summed E-state index contributed by atoms with van der Waals surface area (Å²) in [5.74, 6) is 0.192. The third-order valence-electron chi connectivity index (χ3n) is 13.1. The maximum Gasteiger partial charge on any atom is 0.141 e. The molecule has 1 N–H and O–H groups in total. The van der Waals surface area contributed by atoms with Gasteiger partial charge in [0.25, 0.3) is 0 Å². The van der Waals surface area contributed by atoms with Crippen LogP contribution in [0.2, 0.25) is 0 Å². The fraction of sp³-hybridized carbons (Fsp3) is 0.107. The van der Waals surface area contributed by atoms with Gasteiger partial charge in [-0.25, -0.2) is 0 Å². The van der Waals surface area contributed by atoms with Crippen molar-refractivity contribution in [1.29, 1.82) is 0 Å². The second-order valence-electron chi connectivity index (χ2n) is 17.1. The Morgan fingerprint density at radius 1 is 0.339 bits per heavy atom. The molecule has 0 aromatic heterocycles. The fourth-order valence-corrected chi connectivity index (χ4v) is 10.1. The Balaban J connectivity index is 1.10. The number of benzene rings is 9. The van der Waals surface area contributed by atoms with Crippen LogP contribution >= 0.6 is 0 Å². The smallest absolute Gasteiger partial charge is 0.141 e. The van der Waals surface area contributed by atoms with Crippen LogP contribution in [0.25, 0.3) is 43.8 Å². The second-order valence-corrected chi connectivity index (χ2v) is 17.1. The van der Waals surface area contributed by atoms with E-state index in [0.717, 1.165) is 50.0 Å². The first-order valence-electron chi connectivity index (χ1n) is 20.6. The van der Waals surface area contributed by atoms with Gasteiger partial charge >= 0.3 is 0 Å². The Hall–Kier alpha value is -7.10. The van der Waals surface area contributed by atoms with Crippen molar-refractivity contribution >= 4 is 55.7 Å². The summed E-state index contributed by atoms with van der Waals surface area (Å²) in [7, 11) is 0. The van der Waals surface area contributed by atoms with Gasteiger partial charge in [0.05, 0.1) is 17.1 Å². The molecule has 0 fully saturated rings. The first-order chi connectivity index (χ1) is 28.7. The van der Waals surface area contributed by atoms with Gasteiger partial charge in [-0.2, -0.15) is 0 Å². The van der Waals surface area contributed by atoms with E-state index in [4.69, 9.17) is 0 Å². The van der Waals surface area contributed by atoms with Gasteiger partial charge in [0.1, 0.15) is 5.75 Å². The molecule has 2 aliphatic rings. The summed E-state index contributed by atoms with van der Waals surface area (Å²) in [5.41, 5.74) is 15.7. The summed E-state index contributed by atoms with van der Waals surface area (Å²) in [6.45, 7) is 9.28. The molecule has 0 heterocycles. The molecule has 0 spiro atoms. The molecule has 2 aliphatic carbocycles. The molecule has 11 rings (SSSR count). The van der Waals surface area contributed by atoms with Crippen LogP contribution in [0.4, 0.5) is 34.1 Å². The van der Waals surface area contributed by atoms with E-state index in [9.17, 15) is 5.11 Å². The lowest BCUT2D eigenvalue weighted by atomic mass is 9.82. The molecule has 0 unspecified atom stereocenters. The van der Waals surface area contributed by atoms with Crippen molar-refractivity contribution in [2.24, 2.45) is 0 Å². The van der Waals surface area contributed by atoms with E-state index in [0.29, 0.717) is 5.69 Å². The average Bonchev–Trinajstić information content (AvgIpc) is 3.64. The van der Waals surface area contributed by atoms with Crippen LogP contribution in [0, 0.1) is 0 Å². The number of nitrogens with zero attached hydrogens (tertiary/aromatic N) is 2. The Kier molecular flexibility index (Phi) is 7.71. The van der Waals surface area contributed by atoms with Crippen LogP contribution in [0.1, 0.15) is 49.9 Å². The highest BCUT2D eigenvalue weighted by molar-refractivity contribution is 6.02. The SMILES string of the molecule is CC1(C)c2ccccc2-c2ccc(N(c3ccc(N(c4ccc5c(c4)C(C)(C)c4ccccc4-5)c4cccc5ccccc45)c(O)c3)c3cccc4ccccc34)cc21. The van der Waals surface area contributed by atoms with Crippen molar-refractivity contribution in [3.63, 3.8) is 0 Å². The van der Waals surface area contributed by atoms with Gasteiger partial charge in [-0.1, -0.05) is 161 Å². The first kappa shape index (κ1) is 35.1. The lowest BCUT2D eigenvalue weighted by Crippen LogP contribution is -2.17. The van der Waals surface area contributed by atoms with Gasteiger partial charge in [0.15, 0.2) is 0 Å². The summed E-state index contributed by atoms with van der Waals surface area (Å²) in [6.07, 6.45) is 0. The van der Waals surface area contributed by atoms with Crippen molar-refractivity contribution in [3.8, 4) is 28.0 Å². The van der Waals surface area contributed by atoms with Crippen LogP contribution in [0.15, 0.2) is 188 Å². The van der Waals surface area contributed by atoms with E-state index in [1.54, 1.807) is 0 Å². The fourth-order valence-electron chi connectivity index (χ4n) is 10.1. The van der Waals surface area contributed by atoms with Crippen molar-refractivity contribution in [1.82, 2.24) is 0 Å². The maximum atomic E-state index is 12.5. The predicted octanol–water partition coefficient (Wildman–Crippen LogP) is 15.3. The lowest BCUT2D eigenvalue weighted by molar-refractivity contribution is 0.476. The molecule has 0 atom stereocenters. The van der Waals surface area contributed by atoms with E-state index in [1.807, 2.05) is 6.07 Å². The van der Waals surface area contributed by atoms with Gasteiger partial charge in [0, 0.05) is 44.7 Å². The Bertz CT molecular complexity index is 3140. The Morgan fingerprint density at radius 2 is 0.746 bits per heavy atom. The highest BCUT2D eigenvalue weighted by atomic mass is 16.3. The van der Waals surface area contributed by atoms with Gasteiger partial charge in [-0.15, -0.1) is 0 Å². The molecule has 0 bridgehead atoms. The summed E-state index contributed by atoms with van der Waals surface area (Å²) in [4.78, 5) is 4.54. The minimum atomic E-state index is -0.178. The van der Waals surface area contributed by atoms with E-state index < -0.39 is 0 Å². The minimum Gasteiger partial charge on any atom is -0.506 e. The van der Waals surface area contributed by atoms with Crippen molar-refractivity contribution in [3.05, 3.63) is 210 Å². The number of hydrogen-bond donors (Lipinski definition) is 1. The topological polar surface area (TPSA) is 26.7 Å². The largest absolute Gasteiger partial charge is 0.506 e. The average molecular weight is 761 g/mol. The molecule has 3 nitrogen and oxygen atoms in total. The maximum absolute atomic E-state index is 12.5. The Morgan fingerprint density at radius 3 is 1.29 bits per heavy atom. The first-order valence-corrected chi connectivity index (χ1v) is 20.6. The molecular formula is C56H44N2O. The molecule has 59 heavy (non-hydrogen) atoms. The molecule has 3 heteroatoms. The number of hydrogen-bond acceptors (Lipinski definition) is 3. The number of phenols is 1. The van der Waals surface area contributed by atoms with Crippen LogP contribution in [0.3, 0.4) is 0 Å². The number of phenolic OH excluding ortho intramolecular Hbond substituents is 1. The number of aromatic hydroxyl groups is 1. The number of anilines is 6. The van der Waals surface area contributed by atoms with Crippen LogP contribution < -0.4 is 9.80 Å². The standard InChI is InChI=1S/C56H44N2O/c1-55(2)47-23-11-9-21-43(47)45-30-27-38(33-49(45)55)57(51-25-13-17-36-15-5-7-19-41(36)51)40-29-32-53(54(59)35-40)58(52-26-14-18-37-16-6-8-20-42(37)52)39-28-31-46-44-22-10-12-24-48(44)56(3,4)50(46)34-39/h5-35,59H,1-4H3. The minimum absolute atomic E-state index is 0.164. The van der Waals surface area contributed by atoms with Crippen molar-refractivity contribution < 1.29 is 5.11 Å². The molecule has 0 radical (unpaired) electrons. The summed E-state index contributed by atoms with van der Waals surface area (Å²) >= 11 is 0. The molecular weight excluding hydrogens is 717 g/mol. The highest BCUT2D eigenvalue weighted by Crippen LogP contribution is 2.54. The van der Waals surface area contributed by atoms with E-state index in [2.05, 4.69) is 219 Å². The van der Waals surface area contributed by atoms with Gasteiger partial charge in [-0.3, -0.25) is 0 Å². The van der Waals surface area contributed by atoms with E-state index in [1.165, 1.54) is 44.5 Å². The molecule has 0 amide bonds. The zero-order valence-corrected chi connectivity index (χ0v) is 33.7. The van der Waals surface area contributed by atoms with E-state index >= 15 is 0 Å². The Labute approximate surface area is 346 Å². The quantitative estimate of drug-likeness (QED) is 0.183. The van der Waals surface area contributed by atoms with Gasteiger partial charge in [0.2, 0.25) is 0 Å². The summed E-state index contributed by atoms with van der Waals surface area (Å²) in [6, 6.07) is 67.3. The molecule has 0 saturated heterocycles. The van der Waals surface area contributed by atoms with E-state index in [-0.39, 0.29) is 16.6 Å².